The van der Waals surface area contributed by atoms with Crippen molar-refractivity contribution in [1.82, 2.24) is 0 Å². The molecular weight excluding hydrogens is 394 g/mol. The molecule has 1 aliphatic rings. The van der Waals surface area contributed by atoms with Crippen molar-refractivity contribution in [2.75, 3.05) is 11.9 Å². The second kappa shape index (κ2) is 9.21. The van der Waals surface area contributed by atoms with Crippen LogP contribution in [0.5, 0.6) is 0 Å². The summed E-state index contributed by atoms with van der Waals surface area (Å²) in [6.07, 6.45) is 3.74. The summed E-state index contributed by atoms with van der Waals surface area (Å²) in [7, 11) is -4.51. The topological polar surface area (TPSA) is 102 Å². The van der Waals surface area contributed by atoms with Gasteiger partial charge >= 0.3 is 6.09 Å². The quantitative estimate of drug-likeness (QED) is 0.525. The molecule has 0 saturated heterocycles. The molecule has 2 unspecified atom stereocenters. The predicted molar refractivity (Wildman–Crippen MR) is 108 cm³/mol. The van der Waals surface area contributed by atoms with Gasteiger partial charge in [-0.2, -0.15) is 8.42 Å². The molecule has 0 aliphatic carbocycles. The van der Waals surface area contributed by atoms with E-state index in [-0.39, 0.29) is 29.2 Å². The van der Waals surface area contributed by atoms with Crippen molar-refractivity contribution in [3.8, 4) is 0 Å². The molecule has 2 aromatic rings. The van der Waals surface area contributed by atoms with Crippen molar-refractivity contribution in [2.24, 2.45) is 5.92 Å². The maximum absolute atomic E-state index is 12.2. The molecule has 7 nitrogen and oxygen atoms in total. The number of amides is 1. The van der Waals surface area contributed by atoms with Crippen LogP contribution in [0.2, 0.25) is 0 Å². The molecule has 0 fully saturated rings. The van der Waals surface area contributed by atoms with Crippen molar-refractivity contribution < 1.29 is 27.2 Å². The van der Waals surface area contributed by atoms with Gasteiger partial charge in [0.05, 0.1) is 18.4 Å². The molecule has 0 radical (unpaired) electrons. The summed E-state index contributed by atoms with van der Waals surface area (Å²) >= 11 is 0. The lowest BCUT2D eigenvalue weighted by molar-refractivity contribution is 0.0873. The highest BCUT2D eigenvalue weighted by molar-refractivity contribution is 7.86. The summed E-state index contributed by atoms with van der Waals surface area (Å²) in [6.45, 7) is 2.64. The Bertz CT molecular complexity index is 987. The largest absolute Gasteiger partial charge is 0.444 e. The van der Waals surface area contributed by atoms with Gasteiger partial charge in [-0.1, -0.05) is 55.5 Å². The first kappa shape index (κ1) is 21.0. The van der Waals surface area contributed by atoms with E-state index >= 15 is 0 Å². The van der Waals surface area contributed by atoms with Crippen LogP contribution >= 0.6 is 0 Å². The monoisotopic (exact) mass is 417 g/mol. The summed E-state index contributed by atoms with van der Waals surface area (Å²) in [5, 5.41) is 2.42. The molecule has 0 bridgehead atoms. The molecule has 154 valence electrons. The van der Waals surface area contributed by atoms with E-state index in [0.717, 1.165) is 11.1 Å². The predicted octanol–water partition coefficient (Wildman–Crippen LogP) is 3.82. The van der Waals surface area contributed by atoms with Gasteiger partial charge in [0.2, 0.25) is 0 Å². The molecule has 29 heavy (non-hydrogen) atoms. The smallest absolute Gasteiger partial charge is 0.411 e. The highest BCUT2D eigenvalue weighted by Crippen LogP contribution is 2.26. The van der Waals surface area contributed by atoms with E-state index in [1.165, 1.54) is 12.1 Å². The third-order valence-electron chi connectivity index (χ3n) is 4.60. The molecule has 2 N–H and O–H groups in total. The van der Waals surface area contributed by atoms with Gasteiger partial charge in [-0.05, 0) is 35.6 Å². The Morgan fingerprint density at radius 3 is 2.66 bits per heavy atom. The van der Waals surface area contributed by atoms with Crippen LogP contribution in [-0.2, 0) is 32.6 Å². The van der Waals surface area contributed by atoms with Gasteiger partial charge in [0.15, 0.2) is 0 Å². The van der Waals surface area contributed by atoms with E-state index < -0.39 is 16.2 Å². The number of nitrogens with one attached hydrogen (secondary N) is 1. The van der Waals surface area contributed by atoms with Crippen LogP contribution in [0.25, 0.3) is 0 Å². The van der Waals surface area contributed by atoms with Crippen molar-refractivity contribution in [1.29, 1.82) is 0 Å². The lowest BCUT2D eigenvalue weighted by atomic mass is 9.95. The van der Waals surface area contributed by atoms with E-state index in [4.69, 9.17) is 9.47 Å². The molecule has 1 heterocycles. The molecule has 0 aromatic heterocycles. The molecular formula is C21H23NO6S. The Morgan fingerprint density at radius 2 is 2.00 bits per heavy atom. The second-order valence-corrected chi connectivity index (χ2v) is 8.29. The number of anilines is 1. The zero-order valence-electron chi connectivity index (χ0n) is 15.9. The van der Waals surface area contributed by atoms with Crippen molar-refractivity contribution in [2.45, 2.75) is 31.0 Å². The first-order chi connectivity index (χ1) is 13.8. The minimum absolute atomic E-state index is 0.0107. The standard InChI is InChI=1S/C21H23NO6S/c1-15(19-8-5-11-27-19)12-17-9-10-20(29(24,25)26)18(13-17)22-21(23)28-14-16-6-3-2-4-7-16/h2-10,13,15,19H,11-12,14H2,1H3,(H,22,23)(H,24,25,26). The third kappa shape index (κ3) is 5.90. The maximum Gasteiger partial charge on any atom is 0.411 e. The van der Waals surface area contributed by atoms with Crippen molar-refractivity contribution in [3.63, 3.8) is 0 Å². The van der Waals surface area contributed by atoms with Gasteiger partial charge in [-0.25, -0.2) is 4.79 Å². The Morgan fingerprint density at radius 1 is 1.24 bits per heavy atom. The molecule has 0 spiro atoms. The van der Waals surface area contributed by atoms with Gasteiger partial charge in [0.1, 0.15) is 11.5 Å². The fourth-order valence-electron chi connectivity index (χ4n) is 3.15. The normalized spacial score (nSPS) is 17.1. The second-order valence-electron chi connectivity index (χ2n) is 6.90. The van der Waals surface area contributed by atoms with Crippen molar-refractivity contribution in [3.05, 3.63) is 71.8 Å². The average Bonchev–Trinajstić information content (AvgIpc) is 3.21. The van der Waals surface area contributed by atoms with Crippen LogP contribution < -0.4 is 5.32 Å². The number of carbonyl (C=O) groups excluding carboxylic acids is 1. The van der Waals surface area contributed by atoms with Gasteiger partial charge in [0.25, 0.3) is 10.1 Å². The van der Waals surface area contributed by atoms with E-state index in [1.54, 1.807) is 18.2 Å². The molecule has 1 amide bonds. The number of ether oxygens (including phenoxy) is 2. The highest BCUT2D eigenvalue weighted by atomic mass is 32.2. The summed E-state index contributed by atoms with van der Waals surface area (Å²) < 4.78 is 43.6. The fraction of sp³-hybridized carbons (Fsp3) is 0.286. The van der Waals surface area contributed by atoms with Crippen LogP contribution in [-0.4, -0.2) is 31.8 Å². The first-order valence-electron chi connectivity index (χ1n) is 9.19. The molecule has 3 rings (SSSR count). The number of hydrogen-bond acceptors (Lipinski definition) is 5. The number of hydrogen-bond donors (Lipinski definition) is 2. The van der Waals surface area contributed by atoms with Crippen LogP contribution in [0, 0.1) is 5.92 Å². The first-order valence-corrected chi connectivity index (χ1v) is 10.6. The van der Waals surface area contributed by atoms with Crippen LogP contribution in [0.1, 0.15) is 18.1 Å². The number of carbonyl (C=O) groups is 1. The minimum Gasteiger partial charge on any atom is -0.444 e. The number of rotatable bonds is 7. The van der Waals surface area contributed by atoms with E-state index in [9.17, 15) is 17.8 Å². The average molecular weight is 417 g/mol. The Hall–Kier alpha value is -2.68. The van der Waals surface area contributed by atoms with Gasteiger partial charge < -0.3 is 9.47 Å². The Kier molecular flexibility index (Phi) is 6.68. The number of benzene rings is 2. The third-order valence-corrected chi connectivity index (χ3v) is 5.51. The van der Waals surface area contributed by atoms with Crippen molar-refractivity contribution >= 4 is 21.9 Å². The molecule has 0 saturated carbocycles. The molecule has 8 heteroatoms. The maximum atomic E-state index is 12.2. The SMILES string of the molecule is CC(Cc1ccc(S(=O)(=O)O)c(NC(=O)OCc2ccccc2)c1)C1C=CCO1. The summed E-state index contributed by atoms with van der Waals surface area (Å²) in [5.74, 6) is 0.156. The fourth-order valence-corrected chi connectivity index (χ4v) is 3.78. The van der Waals surface area contributed by atoms with E-state index in [0.29, 0.717) is 13.0 Å². The Balaban J connectivity index is 1.73. The lowest BCUT2D eigenvalue weighted by Gasteiger charge is -2.18. The molecule has 2 atom stereocenters. The van der Waals surface area contributed by atoms with Crippen LogP contribution in [0.15, 0.2) is 65.6 Å². The lowest BCUT2D eigenvalue weighted by Crippen LogP contribution is -2.19. The van der Waals surface area contributed by atoms with Gasteiger partial charge in [-0.15, -0.1) is 0 Å². The van der Waals surface area contributed by atoms with Crippen LogP contribution in [0.3, 0.4) is 0 Å². The van der Waals surface area contributed by atoms with Gasteiger partial charge in [-0.3, -0.25) is 9.87 Å². The van der Waals surface area contributed by atoms with Crippen LogP contribution in [0.4, 0.5) is 10.5 Å². The van der Waals surface area contributed by atoms with E-state index in [1.807, 2.05) is 37.3 Å². The highest BCUT2D eigenvalue weighted by Gasteiger charge is 2.21. The molecule has 1 aliphatic heterocycles. The van der Waals surface area contributed by atoms with Gasteiger partial charge in [0, 0.05) is 0 Å². The zero-order chi connectivity index (χ0) is 20.9. The Labute approximate surface area is 170 Å². The molecule has 2 aromatic carbocycles. The summed E-state index contributed by atoms with van der Waals surface area (Å²) in [4.78, 5) is 11.8. The zero-order valence-corrected chi connectivity index (χ0v) is 16.8. The summed E-state index contributed by atoms with van der Waals surface area (Å²) in [5.41, 5.74) is 1.56. The summed E-state index contributed by atoms with van der Waals surface area (Å²) in [6, 6.07) is 13.5. The van der Waals surface area contributed by atoms with E-state index in [2.05, 4.69) is 5.32 Å². The minimum atomic E-state index is -4.51.